The Kier molecular flexibility index (Phi) is 1.86. The third-order valence-electron chi connectivity index (χ3n) is 4.65. The van der Waals surface area contributed by atoms with E-state index in [2.05, 4.69) is 61.6 Å². The van der Waals surface area contributed by atoms with Gasteiger partial charge in [-0.1, -0.05) is 42.5 Å². The summed E-state index contributed by atoms with van der Waals surface area (Å²) >= 11 is 0. The summed E-state index contributed by atoms with van der Waals surface area (Å²) in [5.41, 5.74) is 7.36. The number of benzene rings is 2. The smallest absolute Gasteiger partial charge is 0.0672 e. The van der Waals surface area contributed by atoms with Crippen LogP contribution in [0.1, 0.15) is 40.8 Å². The molecule has 0 amide bonds. The number of rotatable bonds is 0. The first-order valence-corrected chi connectivity index (χ1v) is 6.66. The zero-order valence-corrected chi connectivity index (χ0v) is 10.8. The molecule has 0 saturated heterocycles. The van der Waals surface area contributed by atoms with Gasteiger partial charge in [0.1, 0.15) is 0 Å². The van der Waals surface area contributed by atoms with Crippen LogP contribution in [0.15, 0.2) is 42.5 Å². The molecular formula is C17H17N. The molecule has 4 rings (SSSR count). The van der Waals surface area contributed by atoms with E-state index in [9.17, 15) is 0 Å². The Hall–Kier alpha value is -1.60. The Morgan fingerprint density at radius 3 is 2.72 bits per heavy atom. The molecule has 1 nitrogen and oxygen atoms in total. The highest BCUT2D eigenvalue weighted by Crippen LogP contribution is 2.49. The molecule has 1 heteroatoms. The maximum atomic E-state index is 3.83. The molecule has 2 aromatic carbocycles. The molecule has 0 fully saturated rings. The quantitative estimate of drug-likeness (QED) is 0.737. The van der Waals surface area contributed by atoms with E-state index in [0.717, 1.165) is 6.42 Å². The molecule has 2 atom stereocenters. The molecule has 0 radical (unpaired) electrons. The van der Waals surface area contributed by atoms with Gasteiger partial charge in [0.15, 0.2) is 0 Å². The van der Waals surface area contributed by atoms with Crippen molar-refractivity contribution in [3.8, 4) is 0 Å². The standard InChI is InChI=1S/C17H17N/c1-11-6-5-9-14-16(11)15-10-12-7-3-4-8-13(12)17(14,2)18-15/h3-9,15,18H,10H2,1-2H3/t15-,17+/m1/s1. The normalized spacial score (nSPS) is 27.8. The molecular weight excluding hydrogens is 218 g/mol. The maximum absolute atomic E-state index is 3.83. The molecule has 2 heterocycles. The third kappa shape index (κ3) is 1.10. The van der Waals surface area contributed by atoms with Crippen molar-refractivity contribution in [3.05, 3.63) is 70.3 Å². The highest BCUT2D eigenvalue weighted by Gasteiger charge is 2.45. The zero-order valence-electron chi connectivity index (χ0n) is 10.8. The first kappa shape index (κ1) is 10.3. The maximum Gasteiger partial charge on any atom is 0.0672 e. The van der Waals surface area contributed by atoms with E-state index < -0.39 is 0 Å². The molecule has 0 spiro atoms. The zero-order chi connectivity index (χ0) is 12.3. The lowest BCUT2D eigenvalue weighted by atomic mass is 9.82. The van der Waals surface area contributed by atoms with Crippen molar-refractivity contribution >= 4 is 0 Å². The molecule has 1 N–H and O–H groups in total. The van der Waals surface area contributed by atoms with E-state index >= 15 is 0 Å². The van der Waals surface area contributed by atoms with Crippen LogP contribution in [-0.2, 0) is 12.0 Å². The molecule has 18 heavy (non-hydrogen) atoms. The third-order valence-corrected chi connectivity index (χ3v) is 4.65. The molecule has 0 aliphatic carbocycles. The lowest BCUT2D eigenvalue weighted by Crippen LogP contribution is -2.41. The van der Waals surface area contributed by atoms with Crippen molar-refractivity contribution in [1.82, 2.24) is 5.32 Å². The molecule has 0 unspecified atom stereocenters. The minimum Gasteiger partial charge on any atom is -0.297 e. The Labute approximate surface area is 108 Å². The monoisotopic (exact) mass is 235 g/mol. The van der Waals surface area contributed by atoms with Gasteiger partial charge in [0, 0.05) is 6.04 Å². The highest BCUT2D eigenvalue weighted by atomic mass is 15.1. The second-order valence-corrected chi connectivity index (χ2v) is 5.72. The molecule has 2 bridgehead atoms. The van der Waals surface area contributed by atoms with Crippen LogP contribution in [0, 0.1) is 6.92 Å². The molecule has 2 aliphatic rings. The summed E-state index contributed by atoms with van der Waals surface area (Å²) in [4.78, 5) is 0. The van der Waals surface area contributed by atoms with Gasteiger partial charge in [-0.2, -0.15) is 0 Å². The fourth-order valence-electron chi connectivity index (χ4n) is 3.86. The van der Waals surface area contributed by atoms with Gasteiger partial charge in [-0.25, -0.2) is 0 Å². The lowest BCUT2D eigenvalue weighted by molar-refractivity contribution is 0.388. The summed E-state index contributed by atoms with van der Waals surface area (Å²) in [6, 6.07) is 16.1. The van der Waals surface area contributed by atoms with Crippen molar-refractivity contribution < 1.29 is 0 Å². The van der Waals surface area contributed by atoms with Gasteiger partial charge < -0.3 is 0 Å². The molecule has 2 aromatic rings. The Bertz CT molecular complexity index is 644. The second-order valence-electron chi connectivity index (χ2n) is 5.72. The summed E-state index contributed by atoms with van der Waals surface area (Å²) in [6.45, 7) is 4.55. The molecule has 2 aliphatic heterocycles. The van der Waals surface area contributed by atoms with Crippen LogP contribution in [0.2, 0.25) is 0 Å². The SMILES string of the molecule is Cc1cccc2c1[C@H]1Cc3ccccc3[C@]2(C)N1. The van der Waals surface area contributed by atoms with Crippen LogP contribution < -0.4 is 5.32 Å². The lowest BCUT2D eigenvalue weighted by Gasteiger charge is -2.34. The van der Waals surface area contributed by atoms with Gasteiger partial charge >= 0.3 is 0 Å². The summed E-state index contributed by atoms with van der Waals surface area (Å²) < 4.78 is 0. The summed E-state index contributed by atoms with van der Waals surface area (Å²) in [6.07, 6.45) is 1.11. The molecule has 0 saturated carbocycles. The topological polar surface area (TPSA) is 12.0 Å². The number of aryl methyl sites for hydroxylation is 1. The van der Waals surface area contributed by atoms with E-state index in [1.54, 1.807) is 0 Å². The second kappa shape index (κ2) is 3.24. The predicted molar refractivity (Wildman–Crippen MR) is 73.7 cm³/mol. The van der Waals surface area contributed by atoms with Gasteiger partial charge in [0.05, 0.1) is 5.54 Å². The first-order chi connectivity index (χ1) is 8.70. The van der Waals surface area contributed by atoms with Gasteiger partial charge in [0.25, 0.3) is 0 Å². The van der Waals surface area contributed by atoms with Gasteiger partial charge in [-0.05, 0) is 48.1 Å². The van der Waals surface area contributed by atoms with Crippen molar-refractivity contribution in [3.63, 3.8) is 0 Å². The van der Waals surface area contributed by atoms with E-state index in [4.69, 9.17) is 0 Å². The Balaban J connectivity index is 2.06. The number of hydrogen-bond acceptors (Lipinski definition) is 1. The van der Waals surface area contributed by atoms with Crippen LogP contribution in [0.3, 0.4) is 0 Å². The Morgan fingerprint density at radius 2 is 1.83 bits per heavy atom. The van der Waals surface area contributed by atoms with Gasteiger partial charge in [-0.15, -0.1) is 0 Å². The van der Waals surface area contributed by atoms with Crippen molar-refractivity contribution in [2.45, 2.75) is 31.8 Å². The first-order valence-electron chi connectivity index (χ1n) is 6.66. The predicted octanol–water partition coefficient (Wildman–Crippen LogP) is 3.46. The van der Waals surface area contributed by atoms with E-state index in [-0.39, 0.29) is 5.54 Å². The summed E-state index contributed by atoms with van der Waals surface area (Å²) in [7, 11) is 0. The van der Waals surface area contributed by atoms with Crippen molar-refractivity contribution in [2.24, 2.45) is 0 Å². The number of nitrogens with one attached hydrogen (secondary N) is 1. The number of fused-ring (bicyclic) bond motifs is 7. The van der Waals surface area contributed by atoms with Crippen LogP contribution >= 0.6 is 0 Å². The van der Waals surface area contributed by atoms with Gasteiger partial charge in [0.2, 0.25) is 0 Å². The number of hydrogen-bond donors (Lipinski definition) is 1. The van der Waals surface area contributed by atoms with E-state index in [1.165, 1.54) is 27.8 Å². The van der Waals surface area contributed by atoms with Crippen LogP contribution in [-0.4, -0.2) is 0 Å². The van der Waals surface area contributed by atoms with Crippen LogP contribution in [0.4, 0.5) is 0 Å². The van der Waals surface area contributed by atoms with Crippen LogP contribution in [0.5, 0.6) is 0 Å². The molecule has 90 valence electrons. The average Bonchev–Trinajstić information content (AvgIpc) is 2.61. The average molecular weight is 235 g/mol. The van der Waals surface area contributed by atoms with Crippen molar-refractivity contribution in [2.75, 3.05) is 0 Å². The van der Waals surface area contributed by atoms with Gasteiger partial charge in [-0.3, -0.25) is 5.32 Å². The highest BCUT2D eigenvalue weighted by molar-refractivity contribution is 5.56. The minimum atomic E-state index is 0.000856. The fraction of sp³-hybridized carbons (Fsp3) is 0.294. The van der Waals surface area contributed by atoms with E-state index in [0.29, 0.717) is 6.04 Å². The summed E-state index contributed by atoms with van der Waals surface area (Å²) in [5, 5.41) is 3.83. The summed E-state index contributed by atoms with van der Waals surface area (Å²) in [5.74, 6) is 0. The van der Waals surface area contributed by atoms with E-state index in [1.807, 2.05) is 0 Å². The van der Waals surface area contributed by atoms with Crippen molar-refractivity contribution in [1.29, 1.82) is 0 Å². The minimum absolute atomic E-state index is 0.000856. The van der Waals surface area contributed by atoms with Crippen LogP contribution in [0.25, 0.3) is 0 Å². The largest absolute Gasteiger partial charge is 0.297 e. The molecule has 0 aromatic heterocycles. The fourth-order valence-corrected chi connectivity index (χ4v) is 3.86. The Morgan fingerprint density at radius 1 is 1.06 bits per heavy atom.